The number of amides is 2. The van der Waals surface area contributed by atoms with E-state index in [9.17, 15) is 29.7 Å². The lowest BCUT2D eigenvalue weighted by molar-refractivity contribution is -0.140. The summed E-state index contributed by atoms with van der Waals surface area (Å²) in [6.45, 7) is 14.0. The van der Waals surface area contributed by atoms with Crippen LogP contribution in [0.5, 0.6) is 0 Å². The molecule has 14 nitrogen and oxygen atoms in total. The van der Waals surface area contributed by atoms with E-state index in [1.165, 1.54) is 12.0 Å². The number of alkyl halides is 2. The Morgan fingerprint density at radius 1 is 1.11 bits per heavy atom. The molecule has 6 fully saturated rings. The second-order valence-corrected chi connectivity index (χ2v) is 20.7. The molecule has 0 bridgehead atoms. The van der Waals surface area contributed by atoms with Gasteiger partial charge in [0, 0.05) is 30.6 Å². The second kappa shape index (κ2) is 18.0. The number of allylic oxidation sites excluding steroid dienone is 4. The van der Waals surface area contributed by atoms with Crippen molar-refractivity contribution in [2.75, 3.05) is 12.3 Å². The Hall–Kier alpha value is -4.12. The van der Waals surface area contributed by atoms with Gasteiger partial charge in [-0.2, -0.15) is 13.8 Å². The van der Waals surface area contributed by atoms with E-state index in [0.717, 1.165) is 56.4 Å². The zero-order valence-corrected chi connectivity index (χ0v) is 37.2. The fourth-order valence-corrected chi connectivity index (χ4v) is 11.9. The van der Waals surface area contributed by atoms with Crippen molar-refractivity contribution in [1.29, 1.82) is 0 Å². The Balaban J connectivity index is 0.927. The summed E-state index contributed by atoms with van der Waals surface area (Å²) < 4.78 is 47.1. The second-order valence-electron chi connectivity index (χ2n) is 20.7. The Labute approximate surface area is 368 Å². The molecule has 348 valence electrons. The average Bonchev–Trinajstić information content (AvgIpc) is 3.93. The van der Waals surface area contributed by atoms with Crippen molar-refractivity contribution in [3.05, 3.63) is 70.3 Å². The number of alkyl carbamates (subject to hydrolysis) is 2. The number of nitrogens with two attached hydrogens (primary N) is 1. The SMILES string of the molecule is C=C1/C(=C\C=C2/CCC[C@@]3(C)C2CCC3[C@@H](C)/C=C/C(O)C2CC2)CC(OC(=O)NC2CC(C)(C)CC(C)(NC(=O)OCC3OC(n4ccc(N)nc4=O)C(F)(F)C3O)C2)C[C@@H]1O. The third-order valence-electron chi connectivity index (χ3n) is 14.9. The van der Waals surface area contributed by atoms with Gasteiger partial charge < -0.3 is 45.9 Å². The first kappa shape index (κ1) is 46.9. The molecule has 2 amide bonds. The highest BCUT2D eigenvalue weighted by Crippen LogP contribution is 2.59. The topological polar surface area (TPSA) is 207 Å². The van der Waals surface area contributed by atoms with Crippen LogP contribution in [0.25, 0.3) is 0 Å². The number of rotatable bonds is 11. The summed E-state index contributed by atoms with van der Waals surface area (Å²) in [5.74, 6) is -2.28. The van der Waals surface area contributed by atoms with Crippen LogP contribution >= 0.6 is 0 Å². The minimum absolute atomic E-state index is 0.170. The highest BCUT2D eigenvalue weighted by molar-refractivity contribution is 5.69. The van der Waals surface area contributed by atoms with Gasteiger partial charge in [-0.05, 0) is 123 Å². The number of aliphatic hydroxyl groups is 3. The van der Waals surface area contributed by atoms with Crippen LogP contribution in [0.3, 0.4) is 0 Å². The molecule has 1 aromatic heterocycles. The molecule has 5 saturated carbocycles. The van der Waals surface area contributed by atoms with Crippen LogP contribution in [0.2, 0.25) is 0 Å². The molecule has 63 heavy (non-hydrogen) atoms. The molecule has 0 spiro atoms. The number of carbonyl (C=O) groups excluding carboxylic acids is 2. The Morgan fingerprint density at radius 2 is 1.86 bits per heavy atom. The van der Waals surface area contributed by atoms with Gasteiger partial charge in [0.05, 0.1) is 12.2 Å². The van der Waals surface area contributed by atoms with Gasteiger partial charge in [-0.25, -0.2) is 14.4 Å². The van der Waals surface area contributed by atoms with Crippen LogP contribution in [0.1, 0.15) is 118 Å². The van der Waals surface area contributed by atoms with Gasteiger partial charge in [0.2, 0.25) is 6.23 Å². The first-order valence-electron chi connectivity index (χ1n) is 22.7. The van der Waals surface area contributed by atoms with Gasteiger partial charge in [-0.1, -0.05) is 64.2 Å². The fourth-order valence-electron chi connectivity index (χ4n) is 11.9. The van der Waals surface area contributed by atoms with Crippen LogP contribution in [0.4, 0.5) is 24.2 Å². The molecule has 1 aliphatic heterocycles. The standard InChI is InChI=1S/C47H67F2N5O9/c1-26(9-16-35(55)29-11-12-29)33-14-15-34-28(8-7-18-46(33,34)6)10-13-30-20-32(21-36(56)27(30)2)62-42(59)51-31-22-44(3,4)25-45(5,23-31)53-43(60)61-24-37-39(57)47(48,49)40(63-37)54-19-17-38(50)52-41(54)58/h9-10,13,16-17,19,26,29,31-37,39-40,55-57H,2,7-8,11-12,14-15,18,20-25H2,1,3-6H3,(H,51,59)(H,53,60)(H2,50,52,58)/b16-9+,28-10+,30-13-/t26-,31?,32?,33?,34?,35?,36-,37?,39?,40?,45?,46+/m0/s1. The van der Waals surface area contributed by atoms with Crippen molar-refractivity contribution < 1.29 is 47.9 Å². The molecule has 0 radical (unpaired) electrons. The summed E-state index contributed by atoms with van der Waals surface area (Å²) in [6, 6.07) is 0.724. The van der Waals surface area contributed by atoms with Crippen molar-refractivity contribution >= 4 is 18.0 Å². The van der Waals surface area contributed by atoms with E-state index < -0.39 is 72.6 Å². The van der Waals surface area contributed by atoms with Gasteiger partial charge in [-0.15, -0.1) is 0 Å². The van der Waals surface area contributed by atoms with Crippen molar-refractivity contribution in [3.8, 4) is 0 Å². The first-order valence-corrected chi connectivity index (χ1v) is 22.7. The average molecular weight is 884 g/mol. The van der Waals surface area contributed by atoms with Crippen molar-refractivity contribution in [3.63, 3.8) is 0 Å². The zero-order chi connectivity index (χ0) is 45.6. The number of anilines is 1. The number of carbonyl (C=O) groups is 2. The summed E-state index contributed by atoms with van der Waals surface area (Å²) in [5, 5.41) is 37.7. The lowest BCUT2D eigenvalue weighted by atomic mass is 9.61. The smallest absolute Gasteiger partial charge is 0.407 e. The van der Waals surface area contributed by atoms with E-state index in [1.807, 2.05) is 19.9 Å². The molecule has 0 aromatic carbocycles. The van der Waals surface area contributed by atoms with Crippen LogP contribution in [0.15, 0.2) is 64.7 Å². The molecule has 1 saturated heterocycles. The number of hydrogen-bond donors (Lipinski definition) is 6. The number of hydrogen-bond acceptors (Lipinski definition) is 11. The maximum Gasteiger partial charge on any atom is 0.407 e. The number of aromatic nitrogens is 2. The fraction of sp³-hybridized carbons (Fsp3) is 0.702. The first-order chi connectivity index (χ1) is 29.6. The number of fused-ring (bicyclic) bond motifs is 1. The molecule has 7 rings (SSSR count). The summed E-state index contributed by atoms with van der Waals surface area (Å²) >= 11 is 0. The summed E-state index contributed by atoms with van der Waals surface area (Å²) in [6.07, 6.45) is 9.72. The number of nitrogen functional groups attached to an aromatic ring is 1. The summed E-state index contributed by atoms with van der Waals surface area (Å²) in [7, 11) is 0. The van der Waals surface area contributed by atoms with E-state index in [2.05, 4.69) is 54.3 Å². The molecule has 5 aliphatic carbocycles. The number of ether oxygens (including phenoxy) is 3. The number of nitrogens with zero attached hydrogens (tertiary/aromatic N) is 2. The molecular weight excluding hydrogens is 817 g/mol. The molecule has 7 N–H and O–H groups in total. The van der Waals surface area contributed by atoms with Crippen molar-refractivity contribution in [2.45, 2.75) is 166 Å². The molecule has 12 atom stereocenters. The molecular formula is C47H67F2N5O9. The third-order valence-corrected chi connectivity index (χ3v) is 14.9. The van der Waals surface area contributed by atoms with Crippen LogP contribution in [0, 0.1) is 34.5 Å². The van der Waals surface area contributed by atoms with Crippen LogP contribution < -0.4 is 22.1 Å². The molecule has 6 aliphatic rings. The van der Waals surface area contributed by atoms with Crippen LogP contribution in [-0.2, 0) is 14.2 Å². The third kappa shape index (κ3) is 10.4. The maximum atomic E-state index is 15.0. The van der Waals surface area contributed by atoms with Crippen molar-refractivity contribution in [2.24, 2.45) is 34.5 Å². The molecule has 1 aromatic rings. The van der Waals surface area contributed by atoms with E-state index >= 15 is 8.78 Å². The van der Waals surface area contributed by atoms with Gasteiger partial charge >= 0.3 is 23.8 Å². The largest absolute Gasteiger partial charge is 0.447 e. The summed E-state index contributed by atoms with van der Waals surface area (Å²) in [5.41, 5.74) is 6.19. The molecule has 16 heteroatoms. The van der Waals surface area contributed by atoms with Gasteiger partial charge in [-0.3, -0.25) is 4.57 Å². The van der Waals surface area contributed by atoms with Crippen LogP contribution in [-0.4, -0.2) is 91.7 Å². The molecule has 9 unspecified atom stereocenters. The predicted molar refractivity (Wildman–Crippen MR) is 231 cm³/mol. The van der Waals surface area contributed by atoms with Crippen molar-refractivity contribution in [1.82, 2.24) is 20.2 Å². The summed E-state index contributed by atoms with van der Waals surface area (Å²) in [4.78, 5) is 42.2. The van der Waals surface area contributed by atoms with E-state index in [1.54, 1.807) is 6.92 Å². The zero-order valence-electron chi connectivity index (χ0n) is 37.2. The Morgan fingerprint density at radius 3 is 2.57 bits per heavy atom. The Kier molecular flexibility index (Phi) is 13.4. The molecule has 2 heterocycles. The minimum Gasteiger partial charge on any atom is -0.447 e. The quantitative estimate of drug-likeness (QED) is 0.130. The normalized spacial score (nSPS) is 37.4. The minimum atomic E-state index is -3.91. The van der Waals surface area contributed by atoms with E-state index in [-0.39, 0.29) is 29.2 Å². The van der Waals surface area contributed by atoms with E-state index in [0.29, 0.717) is 59.5 Å². The Bertz CT molecular complexity index is 2050. The van der Waals surface area contributed by atoms with Gasteiger partial charge in [0.1, 0.15) is 24.6 Å². The van der Waals surface area contributed by atoms with Gasteiger partial charge in [0.25, 0.3) is 0 Å². The predicted octanol–water partition coefficient (Wildman–Crippen LogP) is 6.62. The lowest BCUT2D eigenvalue weighted by Crippen LogP contribution is -2.57. The highest BCUT2D eigenvalue weighted by atomic mass is 19.3. The highest BCUT2D eigenvalue weighted by Gasteiger charge is 2.60. The van der Waals surface area contributed by atoms with E-state index in [4.69, 9.17) is 19.9 Å². The lowest BCUT2D eigenvalue weighted by Gasteiger charge is -2.46. The number of nitrogens with one attached hydrogen (secondary N) is 2. The maximum absolute atomic E-state index is 15.0. The monoisotopic (exact) mass is 883 g/mol. The van der Waals surface area contributed by atoms with Gasteiger partial charge in [0.15, 0.2) is 6.10 Å². The number of aliphatic hydroxyl groups excluding tert-OH is 3. The number of halogens is 2.